The predicted molar refractivity (Wildman–Crippen MR) is 109 cm³/mol. The zero-order valence-corrected chi connectivity index (χ0v) is 17.4. The summed E-state index contributed by atoms with van der Waals surface area (Å²) in [6.45, 7) is 9.19. The number of nitrogens with zero attached hydrogens (tertiary/aromatic N) is 2. The van der Waals surface area contributed by atoms with E-state index >= 15 is 0 Å². The number of aryl methyl sites for hydroxylation is 3. The van der Waals surface area contributed by atoms with Crippen molar-refractivity contribution in [3.8, 4) is 0 Å². The molecule has 1 fully saturated rings. The van der Waals surface area contributed by atoms with Crippen LogP contribution in [0.1, 0.15) is 48.0 Å². The van der Waals surface area contributed by atoms with Gasteiger partial charge in [-0.3, -0.25) is 0 Å². The van der Waals surface area contributed by atoms with Crippen LogP contribution in [0.15, 0.2) is 30.6 Å². The van der Waals surface area contributed by atoms with Crippen molar-refractivity contribution < 1.29 is 24.4 Å². The lowest BCUT2D eigenvalue weighted by atomic mass is 9.97. The standard InChI is InChI=1S/C13H17FO4.C9H12N2/c1-6-5-8(3-4-9(6)14)11(16)13-12(17)10(15)7(2)18-13;1-4-5-9-7(2)10-6-11-8(9)3/h3-5,7,10-13,15-17H,1-2H3;4-6H,1-3H3/b;5-4-. The smallest absolute Gasteiger partial charge is 0.126 e. The molecule has 0 saturated carbocycles. The summed E-state index contributed by atoms with van der Waals surface area (Å²) < 4.78 is 18.5. The van der Waals surface area contributed by atoms with Crippen LogP contribution < -0.4 is 0 Å². The summed E-state index contributed by atoms with van der Waals surface area (Å²) >= 11 is 0. The van der Waals surface area contributed by atoms with Crippen LogP contribution in [-0.4, -0.2) is 49.7 Å². The van der Waals surface area contributed by atoms with Gasteiger partial charge in [0.25, 0.3) is 0 Å². The van der Waals surface area contributed by atoms with Crippen molar-refractivity contribution in [3.63, 3.8) is 0 Å². The maximum Gasteiger partial charge on any atom is 0.126 e. The molecular weight excluding hydrogens is 375 g/mol. The average molecular weight is 404 g/mol. The monoisotopic (exact) mass is 404 g/mol. The fourth-order valence-corrected chi connectivity index (χ4v) is 3.19. The molecular formula is C22H29FN2O4. The van der Waals surface area contributed by atoms with E-state index < -0.39 is 30.5 Å². The highest BCUT2D eigenvalue weighted by atomic mass is 19.1. The molecule has 1 aliphatic rings. The molecule has 0 spiro atoms. The van der Waals surface area contributed by atoms with Gasteiger partial charge < -0.3 is 20.1 Å². The van der Waals surface area contributed by atoms with Gasteiger partial charge in [0.05, 0.1) is 6.10 Å². The quantitative estimate of drug-likeness (QED) is 0.728. The Hall–Kier alpha value is -2.19. The minimum Gasteiger partial charge on any atom is -0.388 e. The second kappa shape index (κ2) is 10.0. The van der Waals surface area contributed by atoms with E-state index in [1.807, 2.05) is 32.9 Å². The number of aromatic nitrogens is 2. The van der Waals surface area contributed by atoms with Crippen molar-refractivity contribution in [2.75, 3.05) is 0 Å². The number of aliphatic hydroxyl groups is 3. The molecule has 7 heteroatoms. The Bertz CT molecular complexity index is 838. The van der Waals surface area contributed by atoms with Gasteiger partial charge in [0.15, 0.2) is 0 Å². The number of allylic oxidation sites excluding steroid dienone is 1. The van der Waals surface area contributed by atoms with Gasteiger partial charge in [0, 0.05) is 17.0 Å². The van der Waals surface area contributed by atoms with Crippen LogP contribution in [0.5, 0.6) is 0 Å². The SMILES string of the molecule is C/C=C\c1c(C)ncnc1C.Cc1cc(C(O)C2OC(C)C(O)C2O)ccc1F. The molecule has 1 aromatic carbocycles. The fourth-order valence-electron chi connectivity index (χ4n) is 3.19. The second-order valence-corrected chi connectivity index (χ2v) is 7.20. The average Bonchev–Trinajstić information content (AvgIpc) is 2.94. The summed E-state index contributed by atoms with van der Waals surface area (Å²) in [7, 11) is 0. The van der Waals surface area contributed by atoms with E-state index in [4.69, 9.17) is 4.74 Å². The number of rotatable bonds is 3. The second-order valence-electron chi connectivity index (χ2n) is 7.20. The highest BCUT2D eigenvalue weighted by Crippen LogP contribution is 2.31. The zero-order valence-electron chi connectivity index (χ0n) is 17.4. The molecule has 0 radical (unpaired) electrons. The molecule has 3 N–H and O–H groups in total. The number of aliphatic hydroxyl groups excluding tert-OH is 3. The normalized spacial score (nSPS) is 25.0. The predicted octanol–water partition coefficient (Wildman–Crippen LogP) is 2.80. The van der Waals surface area contributed by atoms with Gasteiger partial charge in [0.2, 0.25) is 0 Å². The molecule has 2 aromatic rings. The van der Waals surface area contributed by atoms with Crippen LogP contribution in [0.2, 0.25) is 0 Å². The first-order chi connectivity index (χ1) is 13.7. The summed E-state index contributed by atoms with van der Waals surface area (Å²) in [6, 6.07) is 4.21. The van der Waals surface area contributed by atoms with Crippen LogP contribution in [0.4, 0.5) is 4.39 Å². The maximum atomic E-state index is 13.1. The third kappa shape index (κ3) is 5.45. The van der Waals surface area contributed by atoms with Gasteiger partial charge in [-0.25, -0.2) is 14.4 Å². The highest BCUT2D eigenvalue weighted by molar-refractivity contribution is 5.53. The molecule has 3 rings (SSSR count). The van der Waals surface area contributed by atoms with E-state index in [0.29, 0.717) is 11.1 Å². The molecule has 0 aliphatic carbocycles. The van der Waals surface area contributed by atoms with E-state index in [-0.39, 0.29) is 5.82 Å². The molecule has 158 valence electrons. The molecule has 6 nitrogen and oxygen atoms in total. The first-order valence-corrected chi connectivity index (χ1v) is 9.54. The lowest BCUT2D eigenvalue weighted by molar-refractivity contribution is -0.0636. The van der Waals surface area contributed by atoms with Crippen LogP contribution in [0.25, 0.3) is 6.08 Å². The highest BCUT2D eigenvalue weighted by Gasteiger charge is 2.44. The molecule has 0 amide bonds. The molecule has 1 saturated heterocycles. The van der Waals surface area contributed by atoms with Gasteiger partial charge in [-0.15, -0.1) is 0 Å². The van der Waals surface area contributed by atoms with E-state index in [1.165, 1.54) is 18.2 Å². The summed E-state index contributed by atoms with van der Waals surface area (Å²) in [4.78, 5) is 8.19. The summed E-state index contributed by atoms with van der Waals surface area (Å²) in [5.41, 5.74) is 4.08. The lowest BCUT2D eigenvalue weighted by Gasteiger charge is -2.21. The number of benzene rings is 1. The van der Waals surface area contributed by atoms with Crippen molar-refractivity contribution in [2.45, 2.75) is 65.1 Å². The largest absolute Gasteiger partial charge is 0.388 e. The molecule has 5 atom stereocenters. The Kier molecular flexibility index (Phi) is 7.98. The fraction of sp³-hybridized carbons (Fsp3) is 0.455. The first-order valence-electron chi connectivity index (χ1n) is 9.54. The van der Waals surface area contributed by atoms with E-state index in [2.05, 4.69) is 9.97 Å². The van der Waals surface area contributed by atoms with Crippen molar-refractivity contribution in [3.05, 3.63) is 64.5 Å². The Morgan fingerprint density at radius 3 is 2.21 bits per heavy atom. The molecule has 29 heavy (non-hydrogen) atoms. The summed E-state index contributed by atoms with van der Waals surface area (Å²) in [5.74, 6) is -0.354. The number of hydrogen-bond donors (Lipinski definition) is 3. The van der Waals surface area contributed by atoms with Crippen molar-refractivity contribution >= 4 is 6.08 Å². The van der Waals surface area contributed by atoms with Crippen LogP contribution in [0.3, 0.4) is 0 Å². The van der Waals surface area contributed by atoms with Gasteiger partial charge in [-0.05, 0) is 51.8 Å². The minimum atomic E-state index is -1.15. The Morgan fingerprint density at radius 2 is 1.72 bits per heavy atom. The maximum absolute atomic E-state index is 13.1. The zero-order chi connectivity index (χ0) is 21.7. The van der Waals surface area contributed by atoms with Gasteiger partial charge in [-0.2, -0.15) is 0 Å². The number of ether oxygens (including phenoxy) is 1. The summed E-state index contributed by atoms with van der Waals surface area (Å²) in [5, 5.41) is 29.5. The van der Waals surface area contributed by atoms with Crippen LogP contribution >= 0.6 is 0 Å². The van der Waals surface area contributed by atoms with Crippen LogP contribution in [-0.2, 0) is 4.74 Å². The minimum absolute atomic E-state index is 0.354. The topological polar surface area (TPSA) is 95.7 Å². The van der Waals surface area contributed by atoms with E-state index in [0.717, 1.165) is 17.0 Å². The Labute approximate surface area is 170 Å². The van der Waals surface area contributed by atoms with Crippen molar-refractivity contribution in [1.82, 2.24) is 9.97 Å². The van der Waals surface area contributed by atoms with Crippen molar-refractivity contribution in [1.29, 1.82) is 0 Å². The molecule has 5 unspecified atom stereocenters. The van der Waals surface area contributed by atoms with Crippen molar-refractivity contribution in [2.24, 2.45) is 0 Å². The first kappa shape index (κ1) is 23.1. The molecule has 1 aliphatic heterocycles. The molecule has 2 heterocycles. The van der Waals surface area contributed by atoms with Gasteiger partial charge >= 0.3 is 0 Å². The summed E-state index contributed by atoms with van der Waals surface area (Å²) in [6.07, 6.45) is 0.910. The van der Waals surface area contributed by atoms with Crippen LogP contribution in [0, 0.1) is 26.6 Å². The van der Waals surface area contributed by atoms with E-state index in [9.17, 15) is 19.7 Å². The van der Waals surface area contributed by atoms with Gasteiger partial charge in [0.1, 0.15) is 36.6 Å². The number of halogens is 1. The third-order valence-electron chi connectivity index (χ3n) is 4.99. The Balaban J connectivity index is 0.000000234. The van der Waals surface area contributed by atoms with Gasteiger partial charge in [-0.1, -0.05) is 24.3 Å². The third-order valence-corrected chi connectivity index (χ3v) is 4.99. The Morgan fingerprint density at radius 1 is 1.10 bits per heavy atom. The molecule has 1 aromatic heterocycles. The van der Waals surface area contributed by atoms with E-state index in [1.54, 1.807) is 20.2 Å². The number of hydrogen-bond acceptors (Lipinski definition) is 6. The lowest BCUT2D eigenvalue weighted by Crippen LogP contribution is -2.34. The molecule has 0 bridgehead atoms.